The van der Waals surface area contributed by atoms with Gasteiger partial charge in [0.15, 0.2) is 0 Å². The van der Waals surface area contributed by atoms with E-state index in [4.69, 9.17) is 0 Å². The molecule has 0 unspecified atom stereocenters. The number of rotatable bonds is 5. The molecule has 2 aromatic rings. The Bertz CT molecular complexity index is 761. The van der Waals surface area contributed by atoms with Crippen LogP contribution in [-0.2, 0) is 16.0 Å². The first-order chi connectivity index (χ1) is 11.4. The topological polar surface area (TPSA) is 87.3 Å². The summed E-state index contributed by atoms with van der Waals surface area (Å²) in [5.74, 6) is -1.84. The fourth-order valence-corrected chi connectivity index (χ4v) is 2.63. The van der Waals surface area contributed by atoms with Crippen molar-refractivity contribution in [3.05, 3.63) is 57.5 Å². The highest BCUT2D eigenvalue weighted by atomic mass is 32.1. The largest absolute Gasteiger partial charge is 0.347 e. The van der Waals surface area contributed by atoms with Crippen LogP contribution in [0.3, 0.4) is 0 Å². The standard InChI is InChI=1S/C16H16FN3O3S/c1-10-5-6-13(24-10)16(23)20-19-15(22)9-18-14(21)8-11-3-2-4-12(17)7-11/h2-7H,8-9H2,1H3,(H,18,21)(H,19,22)(H,20,23). The third kappa shape index (κ3) is 5.47. The summed E-state index contributed by atoms with van der Waals surface area (Å²) in [5, 5.41) is 2.40. The van der Waals surface area contributed by atoms with Crippen LogP contribution in [0.25, 0.3) is 0 Å². The third-order valence-electron chi connectivity index (χ3n) is 2.98. The number of hydrogen-bond acceptors (Lipinski definition) is 4. The van der Waals surface area contributed by atoms with Crippen LogP contribution in [0.15, 0.2) is 36.4 Å². The Morgan fingerprint density at radius 3 is 2.54 bits per heavy atom. The van der Waals surface area contributed by atoms with E-state index in [0.29, 0.717) is 10.4 Å². The fourth-order valence-electron chi connectivity index (χ4n) is 1.86. The lowest BCUT2D eigenvalue weighted by Gasteiger charge is -2.08. The fraction of sp³-hybridized carbons (Fsp3) is 0.188. The Hall–Kier alpha value is -2.74. The van der Waals surface area contributed by atoms with Crippen molar-refractivity contribution in [3.8, 4) is 0 Å². The predicted octanol–water partition coefficient (Wildman–Crippen LogP) is 1.32. The highest BCUT2D eigenvalue weighted by Gasteiger charge is 2.10. The summed E-state index contributed by atoms with van der Waals surface area (Å²) in [6, 6.07) is 9.12. The van der Waals surface area contributed by atoms with Gasteiger partial charge in [0.25, 0.3) is 11.8 Å². The van der Waals surface area contributed by atoms with Crippen LogP contribution in [0, 0.1) is 12.7 Å². The Morgan fingerprint density at radius 2 is 1.88 bits per heavy atom. The van der Waals surface area contributed by atoms with Crippen LogP contribution in [0.2, 0.25) is 0 Å². The van der Waals surface area contributed by atoms with Crippen molar-refractivity contribution >= 4 is 29.1 Å². The van der Waals surface area contributed by atoms with E-state index >= 15 is 0 Å². The molecule has 3 N–H and O–H groups in total. The molecule has 8 heteroatoms. The molecule has 1 aromatic heterocycles. The van der Waals surface area contributed by atoms with Crippen molar-refractivity contribution in [2.45, 2.75) is 13.3 Å². The molecule has 24 heavy (non-hydrogen) atoms. The molecule has 0 spiro atoms. The Morgan fingerprint density at radius 1 is 1.08 bits per heavy atom. The van der Waals surface area contributed by atoms with E-state index < -0.39 is 23.5 Å². The molecule has 1 aromatic carbocycles. The summed E-state index contributed by atoms with van der Waals surface area (Å²) in [7, 11) is 0. The van der Waals surface area contributed by atoms with Crippen molar-refractivity contribution in [1.82, 2.24) is 16.2 Å². The Balaban J connectivity index is 1.71. The predicted molar refractivity (Wildman–Crippen MR) is 87.8 cm³/mol. The first kappa shape index (κ1) is 17.6. The summed E-state index contributed by atoms with van der Waals surface area (Å²) < 4.78 is 13.0. The van der Waals surface area contributed by atoms with Gasteiger partial charge in [0.05, 0.1) is 17.8 Å². The lowest BCUT2D eigenvalue weighted by Crippen LogP contribution is -2.46. The average Bonchev–Trinajstić information content (AvgIpc) is 2.97. The van der Waals surface area contributed by atoms with Gasteiger partial charge in [0.2, 0.25) is 5.91 Å². The van der Waals surface area contributed by atoms with Crippen molar-refractivity contribution in [2.75, 3.05) is 6.54 Å². The molecule has 0 saturated heterocycles. The van der Waals surface area contributed by atoms with E-state index in [1.165, 1.54) is 29.5 Å². The number of aryl methyl sites for hydroxylation is 1. The van der Waals surface area contributed by atoms with Gasteiger partial charge in [-0.3, -0.25) is 25.2 Å². The molecule has 126 valence electrons. The molecule has 0 aliphatic rings. The number of carbonyl (C=O) groups is 3. The van der Waals surface area contributed by atoms with Crippen molar-refractivity contribution in [3.63, 3.8) is 0 Å². The first-order valence-electron chi connectivity index (χ1n) is 7.11. The van der Waals surface area contributed by atoms with E-state index in [0.717, 1.165) is 4.88 Å². The number of thiophene rings is 1. The monoisotopic (exact) mass is 349 g/mol. The number of amides is 3. The van der Waals surface area contributed by atoms with Crippen LogP contribution in [-0.4, -0.2) is 24.3 Å². The Kier molecular flexibility index (Phi) is 6.02. The summed E-state index contributed by atoms with van der Waals surface area (Å²) in [4.78, 5) is 36.5. The van der Waals surface area contributed by atoms with Gasteiger partial charge in [-0.2, -0.15) is 0 Å². The minimum atomic E-state index is -0.566. The quantitative estimate of drug-likeness (QED) is 0.712. The third-order valence-corrected chi connectivity index (χ3v) is 3.98. The summed E-state index contributed by atoms with van der Waals surface area (Å²) in [6.45, 7) is 1.58. The van der Waals surface area contributed by atoms with E-state index in [2.05, 4.69) is 16.2 Å². The maximum atomic E-state index is 13.0. The smallest absolute Gasteiger partial charge is 0.279 e. The Labute approximate surface area is 142 Å². The average molecular weight is 349 g/mol. The molecule has 0 atom stereocenters. The molecular formula is C16H16FN3O3S. The molecule has 0 bridgehead atoms. The van der Waals surface area contributed by atoms with Gasteiger partial charge in [-0.05, 0) is 36.8 Å². The lowest BCUT2D eigenvalue weighted by atomic mass is 10.1. The molecule has 6 nitrogen and oxygen atoms in total. The minimum Gasteiger partial charge on any atom is -0.347 e. The van der Waals surface area contributed by atoms with E-state index in [1.54, 1.807) is 18.2 Å². The molecule has 0 aliphatic carbocycles. The lowest BCUT2D eigenvalue weighted by molar-refractivity contribution is -0.126. The van der Waals surface area contributed by atoms with Crippen molar-refractivity contribution in [2.24, 2.45) is 0 Å². The maximum absolute atomic E-state index is 13.0. The number of nitrogens with one attached hydrogen (secondary N) is 3. The molecule has 0 aliphatic heterocycles. The normalized spacial score (nSPS) is 10.1. The highest BCUT2D eigenvalue weighted by molar-refractivity contribution is 7.13. The van der Waals surface area contributed by atoms with Gasteiger partial charge in [-0.15, -0.1) is 11.3 Å². The van der Waals surface area contributed by atoms with E-state index in [9.17, 15) is 18.8 Å². The second-order valence-electron chi connectivity index (χ2n) is 5.00. The van der Waals surface area contributed by atoms with Crippen LogP contribution in [0.1, 0.15) is 20.1 Å². The highest BCUT2D eigenvalue weighted by Crippen LogP contribution is 2.14. The minimum absolute atomic E-state index is 0.0358. The number of benzene rings is 1. The zero-order valence-corrected chi connectivity index (χ0v) is 13.7. The molecular weight excluding hydrogens is 333 g/mol. The van der Waals surface area contributed by atoms with Gasteiger partial charge < -0.3 is 5.32 Å². The number of halogens is 1. The number of hydrazine groups is 1. The van der Waals surface area contributed by atoms with E-state index in [1.807, 2.05) is 6.92 Å². The molecule has 0 radical (unpaired) electrons. The number of carbonyl (C=O) groups excluding carboxylic acids is 3. The second kappa shape index (κ2) is 8.21. The molecule has 0 saturated carbocycles. The number of hydrogen-bond donors (Lipinski definition) is 3. The van der Waals surface area contributed by atoms with Crippen LogP contribution in [0.5, 0.6) is 0 Å². The van der Waals surface area contributed by atoms with Gasteiger partial charge >= 0.3 is 0 Å². The van der Waals surface area contributed by atoms with Crippen LogP contribution < -0.4 is 16.2 Å². The molecule has 2 rings (SSSR count). The van der Waals surface area contributed by atoms with Crippen LogP contribution in [0.4, 0.5) is 4.39 Å². The SMILES string of the molecule is Cc1ccc(C(=O)NNC(=O)CNC(=O)Cc2cccc(F)c2)s1. The summed E-state index contributed by atoms with van der Waals surface area (Å²) in [5.41, 5.74) is 4.98. The molecule has 0 fully saturated rings. The van der Waals surface area contributed by atoms with Gasteiger partial charge in [-0.25, -0.2) is 4.39 Å². The van der Waals surface area contributed by atoms with Crippen molar-refractivity contribution < 1.29 is 18.8 Å². The van der Waals surface area contributed by atoms with Gasteiger partial charge in [-0.1, -0.05) is 12.1 Å². The zero-order valence-electron chi connectivity index (χ0n) is 12.9. The van der Waals surface area contributed by atoms with Crippen LogP contribution >= 0.6 is 11.3 Å². The summed E-state index contributed by atoms with van der Waals surface area (Å²) >= 11 is 1.30. The molecule has 1 heterocycles. The summed E-state index contributed by atoms with van der Waals surface area (Å²) in [6.07, 6.45) is -0.0358. The van der Waals surface area contributed by atoms with Gasteiger partial charge in [0.1, 0.15) is 5.82 Å². The van der Waals surface area contributed by atoms with Gasteiger partial charge in [0, 0.05) is 4.88 Å². The van der Waals surface area contributed by atoms with E-state index in [-0.39, 0.29) is 13.0 Å². The zero-order chi connectivity index (χ0) is 17.5. The molecule has 3 amide bonds. The van der Waals surface area contributed by atoms with Crippen molar-refractivity contribution in [1.29, 1.82) is 0 Å². The maximum Gasteiger partial charge on any atom is 0.279 e. The first-order valence-corrected chi connectivity index (χ1v) is 7.92. The second-order valence-corrected chi connectivity index (χ2v) is 6.28.